The van der Waals surface area contributed by atoms with Crippen LogP contribution in [-0.2, 0) is 0 Å². The molecule has 1 aromatic carbocycles. The Labute approximate surface area is 114 Å². The van der Waals surface area contributed by atoms with Crippen LogP contribution in [0.4, 0.5) is 11.4 Å². The third-order valence-electron chi connectivity index (χ3n) is 4.02. The van der Waals surface area contributed by atoms with Crippen LogP contribution in [0.15, 0.2) is 12.1 Å². The van der Waals surface area contributed by atoms with Crippen molar-refractivity contribution in [1.29, 1.82) is 0 Å². The quantitative estimate of drug-likeness (QED) is 0.821. The average Bonchev–Trinajstić information content (AvgIpc) is 2.38. The van der Waals surface area contributed by atoms with Crippen LogP contribution < -0.4 is 16.4 Å². The predicted molar refractivity (Wildman–Crippen MR) is 79.5 cm³/mol. The second-order valence-corrected chi connectivity index (χ2v) is 5.55. The van der Waals surface area contributed by atoms with E-state index < -0.39 is 5.91 Å². The fourth-order valence-electron chi connectivity index (χ4n) is 3.05. The summed E-state index contributed by atoms with van der Waals surface area (Å²) in [5.41, 5.74) is 14.9. The summed E-state index contributed by atoms with van der Waals surface area (Å²) in [6.45, 7) is 0. The number of rotatable bonds is 3. The summed E-state index contributed by atoms with van der Waals surface area (Å²) in [7, 11) is 4.01. The average molecular weight is 261 g/mol. The van der Waals surface area contributed by atoms with E-state index in [0.717, 1.165) is 24.1 Å². The van der Waals surface area contributed by atoms with Crippen molar-refractivity contribution in [2.24, 2.45) is 5.73 Å². The van der Waals surface area contributed by atoms with E-state index >= 15 is 0 Å². The molecule has 0 saturated heterocycles. The smallest absolute Gasteiger partial charge is 0.250 e. The normalized spacial score (nSPS) is 16.3. The molecule has 2 rings (SSSR count). The molecule has 1 aromatic rings. The summed E-state index contributed by atoms with van der Waals surface area (Å²) in [5.74, 6) is 0.00492. The van der Waals surface area contributed by atoms with Gasteiger partial charge in [-0.25, -0.2) is 0 Å². The Bertz CT molecular complexity index is 477. The van der Waals surface area contributed by atoms with Crippen molar-refractivity contribution >= 4 is 17.3 Å². The molecular formula is C15H23N3O. The molecule has 4 nitrogen and oxygen atoms in total. The summed E-state index contributed by atoms with van der Waals surface area (Å²) in [6.07, 6.45) is 6.05. The number of primary amides is 1. The molecule has 0 radical (unpaired) electrons. The zero-order chi connectivity index (χ0) is 14.0. The van der Waals surface area contributed by atoms with Crippen LogP contribution in [0.25, 0.3) is 0 Å². The van der Waals surface area contributed by atoms with Crippen molar-refractivity contribution in [2.75, 3.05) is 24.7 Å². The van der Waals surface area contributed by atoms with Gasteiger partial charge in [0.25, 0.3) is 5.91 Å². The molecule has 0 heterocycles. The monoisotopic (exact) mass is 261 g/mol. The first-order chi connectivity index (χ1) is 9.02. The largest absolute Gasteiger partial charge is 0.398 e. The summed E-state index contributed by atoms with van der Waals surface area (Å²) < 4.78 is 0. The molecule has 0 aliphatic heterocycles. The van der Waals surface area contributed by atoms with E-state index in [0.29, 0.717) is 17.2 Å². The minimum Gasteiger partial charge on any atom is -0.398 e. The maximum Gasteiger partial charge on any atom is 0.250 e. The van der Waals surface area contributed by atoms with E-state index in [1.54, 1.807) is 6.07 Å². The van der Waals surface area contributed by atoms with Crippen LogP contribution >= 0.6 is 0 Å². The zero-order valence-electron chi connectivity index (χ0n) is 11.8. The maximum absolute atomic E-state index is 11.5. The van der Waals surface area contributed by atoms with Gasteiger partial charge in [-0.15, -0.1) is 0 Å². The van der Waals surface area contributed by atoms with Crippen molar-refractivity contribution in [3.05, 3.63) is 23.3 Å². The van der Waals surface area contributed by atoms with Gasteiger partial charge in [0.15, 0.2) is 0 Å². The van der Waals surface area contributed by atoms with E-state index in [-0.39, 0.29) is 0 Å². The zero-order valence-corrected chi connectivity index (χ0v) is 11.8. The van der Waals surface area contributed by atoms with E-state index in [1.165, 1.54) is 19.3 Å². The molecule has 1 amide bonds. The topological polar surface area (TPSA) is 72.3 Å². The molecule has 1 aliphatic carbocycles. The first kappa shape index (κ1) is 13.7. The molecule has 0 unspecified atom stereocenters. The van der Waals surface area contributed by atoms with Gasteiger partial charge in [0, 0.05) is 31.0 Å². The standard InChI is InChI=1S/C15H23N3O/c1-18(2)12-9-8-11(15(17)19)14(16)13(12)10-6-4-3-5-7-10/h8-10H,3-7,16H2,1-2H3,(H2,17,19). The van der Waals surface area contributed by atoms with Crippen LogP contribution in [0.3, 0.4) is 0 Å². The molecule has 0 aromatic heterocycles. The predicted octanol–water partition coefficient (Wildman–Crippen LogP) is 2.48. The Kier molecular flexibility index (Phi) is 3.98. The van der Waals surface area contributed by atoms with E-state index in [9.17, 15) is 4.79 Å². The molecule has 4 heteroatoms. The van der Waals surface area contributed by atoms with Gasteiger partial charge < -0.3 is 16.4 Å². The van der Waals surface area contributed by atoms with Crippen molar-refractivity contribution in [3.8, 4) is 0 Å². The van der Waals surface area contributed by atoms with Gasteiger partial charge in [-0.05, 0) is 30.9 Å². The van der Waals surface area contributed by atoms with Crippen LogP contribution in [0.5, 0.6) is 0 Å². The number of nitrogen functional groups attached to an aromatic ring is 1. The third-order valence-corrected chi connectivity index (χ3v) is 4.02. The highest BCUT2D eigenvalue weighted by atomic mass is 16.1. The summed E-state index contributed by atoms with van der Waals surface area (Å²) >= 11 is 0. The van der Waals surface area contributed by atoms with E-state index in [1.807, 2.05) is 20.2 Å². The second kappa shape index (κ2) is 5.51. The molecule has 0 atom stereocenters. The van der Waals surface area contributed by atoms with Gasteiger partial charge in [-0.2, -0.15) is 0 Å². The summed E-state index contributed by atoms with van der Waals surface area (Å²) in [5, 5.41) is 0. The molecule has 19 heavy (non-hydrogen) atoms. The van der Waals surface area contributed by atoms with E-state index in [4.69, 9.17) is 11.5 Å². The number of carbonyl (C=O) groups excluding carboxylic acids is 1. The lowest BCUT2D eigenvalue weighted by Crippen LogP contribution is -2.20. The lowest BCUT2D eigenvalue weighted by molar-refractivity contribution is 0.100. The van der Waals surface area contributed by atoms with Crippen molar-refractivity contribution in [1.82, 2.24) is 0 Å². The number of benzene rings is 1. The first-order valence-corrected chi connectivity index (χ1v) is 6.92. The Morgan fingerprint density at radius 3 is 2.37 bits per heavy atom. The van der Waals surface area contributed by atoms with Crippen molar-refractivity contribution in [2.45, 2.75) is 38.0 Å². The molecular weight excluding hydrogens is 238 g/mol. The number of nitrogens with zero attached hydrogens (tertiary/aromatic N) is 1. The van der Waals surface area contributed by atoms with Gasteiger partial charge >= 0.3 is 0 Å². The van der Waals surface area contributed by atoms with Gasteiger partial charge in [0.05, 0.1) is 5.56 Å². The highest BCUT2D eigenvalue weighted by molar-refractivity contribution is 5.99. The molecule has 1 saturated carbocycles. The van der Waals surface area contributed by atoms with Gasteiger partial charge in [0.1, 0.15) is 0 Å². The van der Waals surface area contributed by atoms with Gasteiger partial charge in [-0.3, -0.25) is 4.79 Å². The fraction of sp³-hybridized carbons (Fsp3) is 0.533. The number of hydrogen-bond acceptors (Lipinski definition) is 3. The second-order valence-electron chi connectivity index (χ2n) is 5.55. The molecule has 4 N–H and O–H groups in total. The highest BCUT2D eigenvalue weighted by Gasteiger charge is 2.24. The Morgan fingerprint density at radius 1 is 1.21 bits per heavy atom. The van der Waals surface area contributed by atoms with Gasteiger partial charge in [0.2, 0.25) is 0 Å². The highest BCUT2D eigenvalue weighted by Crippen LogP contribution is 2.41. The molecule has 1 aliphatic rings. The summed E-state index contributed by atoms with van der Waals surface area (Å²) in [4.78, 5) is 13.5. The molecule has 0 bridgehead atoms. The van der Waals surface area contributed by atoms with Crippen molar-refractivity contribution in [3.63, 3.8) is 0 Å². The van der Waals surface area contributed by atoms with Crippen LogP contribution in [0, 0.1) is 0 Å². The lowest BCUT2D eigenvalue weighted by atomic mass is 9.81. The number of hydrogen-bond donors (Lipinski definition) is 2. The number of anilines is 2. The van der Waals surface area contributed by atoms with Crippen LogP contribution in [0.2, 0.25) is 0 Å². The summed E-state index contributed by atoms with van der Waals surface area (Å²) in [6, 6.07) is 3.69. The number of amides is 1. The van der Waals surface area contributed by atoms with E-state index in [2.05, 4.69) is 4.90 Å². The van der Waals surface area contributed by atoms with Crippen molar-refractivity contribution < 1.29 is 4.79 Å². The third kappa shape index (κ3) is 2.67. The first-order valence-electron chi connectivity index (χ1n) is 6.92. The Balaban J connectivity index is 2.52. The maximum atomic E-state index is 11.5. The fourth-order valence-corrected chi connectivity index (χ4v) is 3.05. The SMILES string of the molecule is CN(C)c1ccc(C(N)=O)c(N)c1C1CCCCC1. The van der Waals surface area contributed by atoms with Gasteiger partial charge in [-0.1, -0.05) is 19.3 Å². The molecule has 0 spiro atoms. The minimum atomic E-state index is -0.445. The minimum absolute atomic E-state index is 0.445. The van der Waals surface area contributed by atoms with Crippen LogP contribution in [-0.4, -0.2) is 20.0 Å². The number of nitrogens with two attached hydrogens (primary N) is 2. The molecule has 1 fully saturated rings. The Hall–Kier alpha value is -1.71. The van der Waals surface area contributed by atoms with Crippen LogP contribution in [0.1, 0.15) is 53.9 Å². The molecule has 104 valence electrons. The Morgan fingerprint density at radius 2 is 1.84 bits per heavy atom. The lowest BCUT2D eigenvalue weighted by Gasteiger charge is -2.29. The number of carbonyl (C=O) groups is 1.